The SMILES string of the molecule is N#Cc1ccc(CC(C#N)C(=O)NCCc2c[nH]c3cc(F)ccc23)cc1. The summed E-state index contributed by atoms with van der Waals surface area (Å²) < 4.78 is 13.2. The molecule has 2 N–H and O–H groups in total. The number of nitrogens with one attached hydrogen (secondary N) is 2. The van der Waals surface area contributed by atoms with Gasteiger partial charge in [0.2, 0.25) is 5.91 Å². The quantitative estimate of drug-likeness (QED) is 0.707. The lowest BCUT2D eigenvalue weighted by Crippen LogP contribution is -2.32. The fourth-order valence-corrected chi connectivity index (χ4v) is 2.96. The Morgan fingerprint density at radius 3 is 2.67 bits per heavy atom. The molecule has 0 radical (unpaired) electrons. The summed E-state index contributed by atoms with van der Waals surface area (Å²) in [4.78, 5) is 15.3. The maximum atomic E-state index is 13.2. The largest absolute Gasteiger partial charge is 0.361 e. The van der Waals surface area contributed by atoms with Crippen LogP contribution in [-0.2, 0) is 17.6 Å². The number of H-pyrrole nitrogens is 1. The number of hydrogen-bond donors (Lipinski definition) is 2. The average Bonchev–Trinajstić information content (AvgIpc) is 3.08. The molecule has 0 aliphatic rings. The van der Waals surface area contributed by atoms with Crippen molar-refractivity contribution in [3.8, 4) is 12.1 Å². The maximum absolute atomic E-state index is 13.2. The molecule has 1 heterocycles. The highest BCUT2D eigenvalue weighted by Gasteiger charge is 2.18. The lowest BCUT2D eigenvalue weighted by molar-refractivity contribution is -0.123. The summed E-state index contributed by atoms with van der Waals surface area (Å²) in [7, 11) is 0. The van der Waals surface area contributed by atoms with Gasteiger partial charge in [-0.3, -0.25) is 4.79 Å². The van der Waals surface area contributed by atoms with E-state index in [1.165, 1.54) is 12.1 Å². The van der Waals surface area contributed by atoms with Crippen LogP contribution in [0.2, 0.25) is 0 Å². The van der Waals surface area contributed by atoms with Gasteiger partial charge in [-0.25, -0.2) is 4.39 Å². The van der Waals surface area contributed by atoms with Crippen molar-refractivity contribution >= 4 is 16.8 Å². The Labute approximate surface area is 156 Å². The van der Waals surface area contributed by atoms with E-state index in [9.17, 15) is 14.4 Å². The number of benzene rings is 2. The van der Waals surface area contributed by atoms with Crippen molar-refractivity contribution in [1.82, 2.24) is 10.3 Å². The van der Waals surface area contributed by atoms with Crippen LogP contribution in [0.3, 0.4) is 0 Å². The Balaban J connectivity index is 1.56. The molecule has 1 atom stereocenters. The first kappa shape index (κ1) is 18.2. The van der Waals surface area contributed by atoms with E-state index in [0.29, 0.717) is 30.5 Å². The van der Waals surface area contributed by atoms with E-state index < -0.39 is 5.92 Å². The minimum Gasteiger partial charge on any atom is -0.361 e. The van der Waals surface area contributed by atoms with Gasteiger partial charge in [-0.05, 0) is 54.3 Å². The minimum atomic E-state index is -0.796. The van der Waals surface area contributed by atoms with Gasteiger partial charge in [-0.2, -0.15) is 10.5 Å². The van der Waals surface area contributed by atoms with Gasteiger partial charge in [-0.1, -0.05) is 12.1 Å². The summed E-state index contributed by atoms with van der Waals surface area (Å²) in [6, 6.07) is 15.5. The van der Waals surface area contributed by atoms with E-state index in [0.717, 1.165) is 16.5 Å². The molecule has 1 amide bonds. The van der Waals surface area contributed by atoms with Gasteiger partial charge in [0.05, 0.1) is 17.7 Å². The van der Waals surface area contributed by atoms with E-state index in [4.69, 9.17) is 5.26 Å². The standard InChI is InChI=1S/C21H17FN4O/c22-18-5-6-19-16(13-26-20(19)10-18)7-8-25-21(27)17(12-24)9-14-1-3-15(11-23)4-2-14/h1-6,10,13,17,26H,7-9H2,(H,25,27). The average molecular weight is 360 g/mol. The summed E-state index contributed by atoms with van der Waals surface area (Å²) in [5, 5.41) is 21.8. The molecule has 3 rings (SSSR count). The molecule has 0 fully saturated rings. The number of rotatable bonds is 6. The van der Waals surface area contributed by atoms with Crippen LogP contribution in [0.25, 0.3) is 10.9 Å². The van der Waals surface area contributed by atoms with E-state index in [1.54, 1.807) is 36.5 Å². The molecule has 0 saturated carbocycles. The molecule has 134 valence electrons. The second-order valence-electron chi connectivity index (χ2n) is 6.24. The van der Waals surface area contributed by atoms with Crippen LogP contribution in [-0.4, -0.2) is 17.4 Å². The number of carbonyl (C=O) groups is 1. The number of hydrogen-bond acceptors (Lipinski definition) is 3. The van der Waals surface area contributed by atoms with Crippen LogP contribution in [0.15, 0.2) is 48.7 Å². The summed E-state index contributed by atoms with van der Waals surface area (Å²) in [6.45, 7) is 0.384. The minimum absolute atomic E-state index is 0.292. The smallest absolute Gasteiger partial charge is 0.237 e. The first-order valence-corrected chi connectivity index (χ1v) is 8.52. The molecule has 27 heavy (non-hydrogen) atoms. The number of carbonyl (C=O) groups excluding carboxylic acids is 1. The van der Waals surface area contributed by atoms with Crippen molar-refractivity contribution in [2.24, 2.45) is 5.92 Å². The van der Waals surface area contributed by atoms with E-state index in [2.05, 4.69) is 10.3 Å². The molecular weight excluding hydrogens is 343 g/mol. The number of fused-ring (bicyclic) bond motifs is 1. The number of aromatic amines is 1. The van der Waals surface area contributed by atoms with Crippen molar-refractivity contribution in [2.75, 3.05) is 6.54 Å². The van der Waals surface area contributed by atoms with Gasteiger partial charge in [0.15, 0.2) is 0 Å². The lowest BCUT2D eigenvalue weighted by Gasteiger charge is -2.10. The molecule has 1 unspecified atom stereocenters. The Bertz CT molecular complexity index is 1040. The monoisotopic (exact) mass is 360 g/mol. The number of amides is 1. The maximum Gasteiger partial charge on any atom is 0.237 e. The fraction of sp³-hybridized carbons (Fsp3) is 0.190. The van der Waals surface area contributed by atoms with Crippen LogP contribution in [0.4, 0.5) is 4.39 Å². The van der Waals surface area contributed by atoms with Crippen molar-refractivity contribution in [3.63, 3.8) is 0 Å². The third-order valence-electron chi connectivity index (χ3n) is 4.42. The Morgan fingerprint density at radius 2 is 1.96 bits per heavy atom. The Morgan fingerprint density at radius 1 is 1.19 bits per heavy atom. The van der Waals surface area contributed by atoms with Crippen molar-refractivity contribution < 1.29 is 9.18 Å². The topological polar surface area (TPSA) is 92.5 Å². The predicted molar refractivity (Wildman–Crippen MR) is 98.9 cm³/mol. The second-order valence-corrected chi connectivity index (χ2v) is 6.24. The van der Waals surface area contributed by atoms with Crippen LogP contribution in [0.1, 0.15) is 16.7 Å². The molecule has 0 aliphatic heterocycles. The second kappa shape index (κ2) is 8.16. The number of aromatic nitrogens is 1. The molecule has 0 aliphatic carbocycles. The Kier molecular flexibility index (Phi) is 5.49. The first-order chi connectivity index (χ1) is 13.1. The van der Waals surface area contributed by atoms with E-state index >= 15 is 0 Å². The van der Waals surface area contributed by atoms with Crippen molar-refractivity contribution in [2.45, 2.75) is 12.8 Å². The van der Waals surface area contributed by atoms with E-state index in [1.807, 2.05) is 12.1 Å². The third kappa shape index (κ3) is 4.31. The van der Waals surface area contributed by atoms with Gasteiger partial charge >= 0.3 is 0 Å². The van der Waals surface area contributed by atoms with Crippen molar-refractivity contribution in [1.29, 1.82) is 10.5 Å². The zero-order valence-corrected chi connectivity index (χ0v) is 14.5. The van der Waals surface area contributed by atoms with Gasteiger partial charge in [0, 0.05) is 23.6 Å². The molecule has 0 spiro atoms. The van der Waals surface area contributed by atoms with Gasteiger partial charge in [-0.15, -0.1) is 0 Å². The molecule has 1 aromatic heterocycles. The molecule has 2 aromatic carbocycles. The normalized spacial score (nSPS) is 11.5. The third-order valence-corrected chi connectivity index (χ3v) is 4.42. The molecule has 5 nitrogen and oxygen atoms in total. The van der Waals surface area contributed by atoms with E-state index in [-0.39, 0.29) is 11.7 Å². The van der Waals surface area contributed by atoms with Gasteiger partial charge in [0.25, 0.3) is 0 Å². The molecule has 0 saturated heterocycles. The summed E-state index contributed by atoms with van der Waals surface area (Å²) in [5.74, 6) is -1.42. The van der Waals surface area contributed by atoms with Crippen LogP contribution >= 0.6 is 0 Å². The van der Waals surface area contributed by atoms with Crippen LogP contribution < -0.4 is 5.32 Å². The highest BCUT2D eigenvalue weighted by molar-refractivity contribution is 5.84. The Hall–Kier alpha value is -3.64. The fourth-order valence-electron chi connectivity index (χ4n) is 2.96. The summed E-state index contributed by atoms with van der Waals surface area (Å²) in [6.07, 6.45) is 2.67. The first-order valence-electron chi connectivity index (χ1n) is 8.52. The van der Waals surface area contributed by atoms with Crippen LogP contribution in [0, 0.1) is 34.4 Å². The number of nitriles is 2. The summed E-state index contributed by atoms with van der Waals surface area (Å²) in [5.41, 5.74) is 3.06. The van der Waals surface area contributed by atoms with Crippen molar-refractivity contribution in [3.05, 3.63) is 71.2 Å². The number of nitrogens with zero attached hydrogens (tertiary/aromatic N) is 2. The lowest BCUT2D eigenvalue weighted by atomic mass is 9.99. The zero-order valence-electron chi connectivity index (χ0n) is 14.5. The van der Waals surface area contributed by atoms with Gasteiger partial charge in [0.1, 0.15) is 11.7 Å². The highest BCUT2D eigenvalue weighted by atomic mass is 19.1. The zero-order chi connectivity index (χ0) is 19.2. The predicted octanol–water partition coefficient (Wildman–Crippen LogP) is 3.22. The molecule has 0 bridgehead atoms. The number of halogens is 1. The molecular formula is C21H17FN4O. The summed E-state index contributed by atoms with van der Waals surface area (Å²) >= 11 is 0. The van der Waals surface area contributed by atoms with Crippen LogP contribution in [0.5, 0.6) is 0 Å². The molecule has 6 heteroatoms. The molecule has 3 aromatic rings. The highest BCUT2D eigenvalue weighted by Crippen LogP contribution is 2.19. The van der Waals surface area contributed by atoms with Gasteiger partial charge < -0.3 is 10.3 Å².